The van der Waals surface area contributed by atoms with Gasteiger partial charge >= 0.3 is 5.69 Å². The van der Waals surface area contributed by atoms with Gasteiger partial charge in [-0.1, -0.05) is 0 Å². The number of amides is 1. The van der Waals surface area contributed by atoms with Gasteiger partial charge in [-0.25, -0.2) is 14.2 Å². The predicted molar refractivity (Wildman–Crippen MR) is 117 cm³/mol. The van der Waals surface area contributed by atoms with Gasteiger partial charge in [0.25, 0.3) is 5.56 Å². The molecule has 0 atom stereocenters. The molecule has 0 aromatic carbocycles. The number of nitrogens with one attached hydrogen (secondary N) is 1. The molecule has 2 aliphatic rings. The van der Waals surface area contributed by atoms with E-state index in [9.17, 15) is 18.8 Å². The SMILES string of the molecule is COCC(=O)N[C@H]1CC[C@@H](n2c(=O)c3cc(F)cnc3n(C3CCSCC3)c2=O)CC1. The molecule has 0 bridgehead atoms. The predicted octanol–water partition coefficient (Wildman–Crippen LogP) is 2.01. The van der Waals surface area contributed by atoms with Crippen molar-refractivity contribution >= 4 is 28.7 Å². The van der Waals surface area contributed by atoms with E-state index in [0.29, 0.717) is 25.7 Å². The first-order chi connectivity index (χ1) is 15.0. The number of carbonyl (C=O) groups excluding carboxylic acids is 1. The lowest BCUT2D eigenvalue weighted by Gasteiger charge is -2.31. The number of hydrogen-bond donors (Lipinski definition) is 1. The Kier molecular flexibility index (Phi) is 6.76. The van der Waals surface area contributed by atoms with Crippen LogP contribution in [0.25, 0.3) is 11.0 Å². The Morgan fingerprint density at radius 1 is 1.16 bits per heavy atom. The molecule has 1 aliphatic carbocycles. The van der Waals surface area contributed by atoms with Crippen LogP contribution < -0.4 is 16.6 Å². The molecule has 10 heteroatoms. The van der Waals surface area contributed by atoms with Crippen LogP contribution in [0, 0.1) is 5.82 Å². The normalized spacial score (nSPS) is 22.5. The Balaban J connectivity index is 1.69. The summed E-state index contributed by atoms with van der Waals surface area (Å²) in [5.41, 5.74) is -0.578. The highest BCUT2D eigenvalue weighted by atomic mass is 32.2. The van der Waals surface area contributed by atoms with Gasteiger partial charge in [-0.3, -0.25) is 18.7 Å². The maximum absolute atomic E-state index is 13.9. The summed E-state index contributed by atoms with van der Waals surface area (Å²) in [6.07, 6.45) is 5.18. The molecule has 2 fully saturated rings. The van der Waals surface area contributed by atoms with Gasteiger partial charge in [0, 0.05) is 25.2 Å². The van der Waals surface area contributed by atoms with Gasteiger partial charge in [0.2, 0.25) is 5.91 Å². The number of methoxy groups -OCH3 is 1. The summed E-state index contributed by atoms with van der Waals surface area (Å²) < 4.78 is 21.7. The molecule has 2 aromatic heterocycles. The van der Waals surface area contributed by atoms with Crippen LogP contribution in [-0.4, -0.2) is 51.3 Å². The molecule has 3 heterocycles. The standard InChI is InChI=1S/C21H27FN4O4S/c1-30-12-18(27)24-14-2-4-15(5-3-14)26-20(28)17-10-13(22)11-23-19(17)25(21(26)29)16-6-8-31-9-7-16/h10-11,14-16H,2-9,12H2,1H3,(H,24,27)/t14-,15+. The lowest BCUT2D eigenvalue weighted by molar-refractivity contribution is -0.125. The monoisotopic (exact) mass is 450 g/mol. The first-order valence-corrected chi connectivity index (χ1v) is 11.8. The van der Waals surface area contributed by atoms with E-state index in [1.807, 2.05) is 11.8 Å². The van der Waals surface area contributed by atoms with Gasteiger partial charge < -0.3 is 10.1 Å². The molecule has 1 N–H and O–H groups in total. The molecule has 1 saturated heterocycles. The number of rotatable bonds is 5. The van der Waals surface area contributed by atoms with Crippen LogP contribution in [0.5, 0.6) is 0 Å². The van der Waals surface area contributed by atoms with Crippen molar-refractivity contribution in [2.45, 2.75) is 56.7 Å². The minimum atomic E-state index is -0.592. The summed E-state index contributed by atoms with van der Waals surface area (Å²) >= 11 is 1.84. The average Bonchev–Trinajstić information content (AvgIpc) is 2.76. The van der Waals surface area contributed by atoms with Crippen molar-refractivity contribution in [2.24, 2.45) is 0 Å². The highest BCUT2D eigenvalue weighted by Gasteiger charge is 2.29. The third-order valence-corrected chi connectivity index (χ3v) is 7.23. The van der Waals surface area contributed by atoms with E-state index in [-0.39, 0.29) is 47.4 Å². The first-order valence-electron chi connectivity index (χ1n) is 10.7. The van der Waals surface area contributed by atoms with Crippen LogP contribution in [0.2, 0.25) is 0 Å². The summed E-state index contributed by atoms with van der Waals surface area (Å²) in [5, 5.41) is 3.07. The van der Waals surface area contributed by atoms with E-state index in [4.69, 9.17) is 4.74 Å². The molecule has 8 nitrogen and oxygen atoms in total. The molecule has 2 aromatic rings. The van der Waals surface area contributed by atoms with Crippen molar-refractivity contribution in [3.8, 4) is 0 Å². The fourth-order valence-electron chi connectivity index (χ4n) is 4.68. The molecule has 0 spiro atoms. The quantitative estimate of drug-likeness (QED) is 0.749. The second-order valence-electron chi connectivity index (χ2n) is 8.20. The van der Waals surface area contributed by atoms with Crippen LogP contribution in [-0.2, 0) is 9.53 Å². The first kappa shape index (κ1) is 22.0. The van der Waals surface area contributed by atoms with Gasteiger partial charge in [0.1, 0.15) is 18.1 Å². The second kappa shape index (κ2) is 9.52. The fraction of sp³-hybridized carbons (Fsp3) is 0.619. The molecule has 4 rings (SSSR count). The number of thioether (sulfide) groups is 1. The number of halogens is 1. The van der Waals surface area contributed by atoms with Gasteiger partial charge in [0.15, 0.2) is 0 Å². The zero-order chi connectivity index (χ0) is 22.0. The molecule has 168 valence electrons. The van der Waals surface area contributed by atoms with E-state index < -0.39 is 11.4 Å². The second-order valence-corrected chi connectivity index (χ2v) is 9.43. The number of hydrogen-bond acceptors (Lipinski definition) is 6. The van der Waals surface area contributed by atoms with Gasteiger partial charge in [0.05, 0.1) is 11.6 Å². The van der Waals surface area contributed by atoms with Crippen LogP contribution in [0.3, 0.4) is 0 Å². The van der Waals surface area contributed by atoms with Crippen LogP contribution in [0.4, 0.5) is 4.39 Å². The summed E-state index contributed by atoms with van der Waals surface area (Å²) in [5.74, 6) is 1.11. The van der Waals surface area contributed by atoms with Gasteiger partial charge in [-0.05, 0) is 56.1 Å². The zero-order valence-electron chi connectivity index (χ0n) is 17.5. The van der Waals surface area contributed by atoms with E-state index in [1.165, 1.54) is 17.7 Å². The molecule has 31 heavy (non-hydrogen) atoms. The van der Waals surface area contributed by atoms with Crippen molar-refractivity contribution in [3.63, 3.8) is 0 Å². The highest BCUT2D eigenvalue weighted by Crippen LogP contribution is 2.30. The van der Waals surface area contributed by atoms with Crippen LogP contribution >= 0.6 is 11.8 Å². The smallest absolute Gasteiger partial charge is 0.333 e. The number of ether oxygens (including phenoxy) is 1. The van der Waals surface area contributed by atoms with E-state index >= 15 is 0 Å². The number of fused-ring (bicyclic) bond motifs is 1. The zero-order valence-corrected chi connectivity index (χ0v) is 18.3. The molecular formula is C21H27FN4O4S. The highest BCUT2D eigenvalue weighted by molar-refractivity contribution is 7.99. The average molecular weight is 451 g/mol. The number of pyridine rings is 1. The molecule has 1 amide bonds. The maximum Gasteiger partial charge on any atom is 0.333 e. The van der Waals surface area contributed by atoms with E-state index in [2.05, 4.69) is 10.3 Å². The van der Waals surface area contributed by atoms with Gasteiger partial charge in [-0.2, -0.15) is 11.8 Å². The molecular weight excluding hydrogens is 423 g/mol. The largest absolute Gasteiger partial charge is 0.375 e. The number of carbonyl (C=O) groups is 1. The Hall–Kier alpha value is -2.20. The molecule has 1 aliphatic heterocycles. The lowest BCUT2D eigenvalue weighted by atomic mass is 9.91. The van der Waals surface area contributed by atoms with Gasteiger partial charge in [-0.15, -0.1) is 0 Å². The van der Waals surface area contributed by atoms with Crippen molar-refractivity contribution in [1.29, 1.82) is 0 Å². The third kappa shape index (κ3) is 4.55. The Labute approximate surface area is 183 Å². The van der Waals surface area contributed by atoms with Crippen molar-refractivity contribution < 1.29 is 13.9 Å². The Bertz CT molecular complexity index is 1070. The Morgan fingerprint density at radius 3 is 2.52 bits per heavy atom. The maximum atomic E-state index is 13.9. The Morgan fingerprint density at radius 2 is 1.84 bits per heavy atom. The minimum absolute atomic E-state index is 0.00695. The number of nitrogens with zero attached hydrogens (tertiary/aromatic N) is 3. The third-order valence-electron chi connectivity index (χ3n) is 6.18. The van der Waals surface area contributed by atoms with E-state index in [0.717, 1.165) is 30.5 Å². The number of aromatic nitrogens is 3. The van der Waals surface area contributed by atoms with Crippen LogP contribution in [0.1, 0.15) is 50.6 Å². The lowest BCUT2D eigenvalue weighted by Crippen LogP contribution is -2.46. The topological polar surface area (TPSA) is 95.2 Å². The summed E-state index contributed by atoms with van der Waals surface area (Å²) in [6, 6.07) is 0.843. The van der Waals surface area contributed by atoms with E-state index in [1.54, 1.807) is 4.57 Å². The minimum Gasteiger partial charge on any atom is -0.375 e. The van der Waals surface area contributed by atoms with Crippen LogP contribution in [0.15, 0.2) is 21.9 Å². The van der Waals surface area contributed by atoms with Crippen molar-refractivity contribution in [2.75, 3.05) is 25.2 Å². The summed E-state index contributed by atoms with van der Waals surface area (Å²) in [4.78, 5) is 42.7. The fourth-order valence-corrected chi connectivity index (χ4v) is 5.76. The van der Waals surface area contributed by atoms with Crippen molar-refractivity contribution in [3.05, 3.63) is 38.9 Å². The van der Waals surface area contributed by atoms with Crippen molar-refractivity contribution in [1.82, 2.24) is 19.4 Å². The molecule has 0 radical (unpaired) electrons. The molecule has 1 saturated carbocycles. The summed E-state index contributed by atoms with van der Waals surface area (Å²) in [7, 11) is 1.47. The summed E-state index contributed by atoms with van der Waals surface area (Å²) in [6.45, 7) is 0.00695. The molecule has 0 unspecified atom stereocenters.